The van der Waals surface area contributed by atoms with Crippen LogP contribution in [0.4, 0.5) is 0 Å². The summed E-state index contributed by atoms with van der Waals surface area (Å²) in [6.45, 7) is 4.11. The summed E-state index contributed by atoms with van der Waals surface area (Å²) in [4.78, 5) is 11.2. The molecular formula is C19H28O5. The highest BCUT2D eigenvalue weighted by Gasteiger charge is 2.30. The molecule has 4 atom stereocenters. The molecule has 0 bridgehead atoms. The van der Waals surface area contributed by atoms with Crippen molar-refractivity contribution in [2.24, 2.45) is 11.8 Å². The third-order valence-corrected chi connectivity index (χ3v) is 4.21. The summed E-state index contributed by atoms with van der Waals surface area (Å²) in [7, 11) is 4.72. The van der Waals surface area contributed by atoms with Gasteiger partial charge in [0.25, 0.3) is 0 Å². The van der Waals surface area contributed by atoms with E-state index in [0.29, 0.717) is 0 Å². The van der Waals surface area contributed by atoms with Crippen molar-refractivity contribution in [3.63, 3.8) is 0 Å². The molecule has 1 aromatic rings. The van der Waals surface area contributed by atoms with Gasteiger partial charge in [-0.05, 0) is 17.7 Å². The number of carbonyl (C=O) groups is 1. The molecular weight excluding hydrogens is 308 g/mol. The number of hydrogen-bond donors (Lipinski definition) is 1. The van der Waals surface area contributed by atoms with Crippen LogP contribution in [-0.2, 0) is 19.0 Å². The van der Waals surface area contributed by atoms with Crippen molar-refractivity contribution in [2.75, 3.05) is 21.3 Å². The van der Waals surface area contributed by atoms with Gasteiger partial charge in [-0.3, -0.25) is 4.79 Å². The van der Waals surface area contributed by atoms with Crippen LogP contribution in [0.1, 0.15) is 31.9 Å². The van der Waals surface area contributed by atoms with Crippen molar-refractivity contribution < 1.29 is 24.1 Å². The van der Waals surface area contributed by atoms with Gasteiger partial charge in [0, 0.05) is 26.1 Å². The van der Waals surface area contributed by atoms with Crippen LogP contribution < -0.4 is 0 Å². The molecule has 0 aliphatic rings. The Morgan fingerprint density at radius 2 is 1.75 bits per heavy atom. The number of aromatic hydroxyl groups is 1. The summed E-state index contributed by atoms with van der Waals surface area (Å²) < 4.78 is 16.0. The molecule has 0 unspecified atom stereocenters. The van der Waals surface area contributed by atoms with Gasteiger partial charge >= 0.3 is 5.97 Å². The Balaban J connectivity index is 2.83. The van der Waals surface area contributed by atoms with Gasteiger partial charge in [0.2, 0.25) is 0 Å². The van der Waals surface area contributed by atoms with Crippen molar-refractivity contribution in [1.82, 2.24) is 0 Å². The number of ether oxygens (including phenoxy) is 3. The van der Waals surface area contributed by atoms with Gasteiger partial charge in [-0.25, -0.2) is 0 Å². The SMILES string of the molecule is COC(=O)C/C=C/[C@H](C)[C@@H](OC)[C@@H](C)[C@H](OC)c1ccc(O)cc1. The molecule has 134 valence electrons. The van der Waals surface area contributed by atoms with Crippen LogP contribution in [0.15, 0.2) is 36.4 Å². The molecule has 0 fully saturated rings. The Hall–Kier alpha value is -1.85. The van der Waals surface area contributed by atoms with Crippen LogP contribution in [0.3, 0.4) is 0 Å². The highest BCUT2D eigenvalue weighted by atomic mass is 16.5. The molecule has 5 nitrogen and oxygen atoms in total. The van der Waals surface area contributed by atoms with E-state index in [0.717, 1.165) is 5.56 Å². The Morgan fingerprint density at radius 3 is 2.25 bits per heavy atom. The van der Waals surface area contributed by atoms with Crippen LogP contribution in [0.5, 0.6) is 5.75 Å². The van der Waals surface area contributed by atoms with Gasteiger partial charge in [-0.1, -0.05) is 38.1 Å². The standard InChI is InChI=1S/C19H28O5/c1-13(7-6-8-17(21)22-3)18(23-4)14(2)19(24-5)15-9-11-16(20)12-10-15/h6-7,9-14,18-20H,8H2,1-5H3/b7-6+/t13-,14+,18+,19-/m0/s1. The number of phenols is 1. The van der Waals surface area contributed by atoms with Crippen LogP contribution in [0.2, 0.25) is 0 Å². The quantitative estimate of drug-likeness (QED) is 0.552. The lowest BCUT2D eigenvalue weighted by Gasteiger charge is -2.32. The van der Waals surface area contributed by atoms with E-state index in [-0.39, 0.29) is 42.2 Å². The van der Waals surface area contributed by atoms with E-state index in [9.17, 15) is 9.90 Å². The molecule has 0 saturated heterocycles. The normalized spacial score (nSPS) is 16.5. The second kappa shape index (κ2) is 10.1. The monoisotopic (exact) mass is 336 g/mol. The highest BCUT2D eigenvalue weighted by molar-refractivity contribution is 5.70. The second-order valence-corrected chi connectivity index (χ2v) is 5.87. The largest absolute Gasteiger partial charge is 0.508 e. The average molecular weight is 336 g/mol. The summed E-state index contributed by atoms with van der Waals surface area (Å²) in [6, 6.07) is 7.00. The minimum absolute atomic E-state index is 0.0716. The highest BCUT2D eigenvalue weighted by Crippen LogP contribution is 2.33. The number of methoxy groups -OCH3 is 3. The minimum atomic E-state index is -0.265. The first-order valence-corrected chi connectivity index (χ1v) is 8.02. The molecule has 1 rings (SSSR count). The molecule has 0 radical (unpaired) electrons. The van der Waals surface area contributed by atoms with E-state index in [4.69, 9.17) is 9.47 Å². The third-order valence-electron chi connectivity index (χ3n) is 4.21. The fourth-order valence-electron chi connectivity index (χ4n) is 2.97. The van der Waals surface area contributed by atoms with Crippen molar-refractivity contribution in [1.29, 1.82) is 0 Å². The summed E-state index contributed by atoms with van der Waals surface area (Å²) in [5.74, 6) is 0.134. The molecule has 1 N–H and O–H groups in total. The lowest BCUT2D eigenvalue weighted by atomic mass is 9.85. The Bertz CT molecular complexity index is 523. The summed E-state index contributed by atoms with van der Waals surface area (Å²) >= 11 is 0. The maximum Gasteiger partial charge on any atom is 0.309 e. The molecule has 0 amide bonds. The van der Waals surface area contributed by atoms with Gasteiger partial charge < -0.3 is 19.3 Å². The van der Waals surface area contributed by atoms with E-state index in [1.54, 1.807) is 32.4 Å². The fraction of sp³-hybridized carbons (Fsp3) is 0.526. The molecule has 0 aliphatic carbocycles. The first-order valence-electron chi connectivity index (χ1n) is 8.02. The van der Waals surface area contributed by atoms with Crippen LogP contribution >= 0.6 is 0 Å². The number of rotatable bonds is 9. The Labute approximate surface area is 144 Å². The first-order chi connectivity index (χ1) is 11.4. The fourth-order valence-corrected chi connectivity index (χ4v) is 2.97. The van der Waals surface area contributed by atoms with Gasteiger partial charge in [0.15, 0.2) is 0 Å². The van der Waals surface area contributed by atoms with Crippen molar-refractivity contribution in [3.8, 4) is 5.75 Å². The Morgan fingerprint density at radius 1 is 1.12 bits per heavy atom. The van der Waals surface area contributed by atoms with E-state index >= 15 is 0 Å². The predicted octanol–water partition coefficient (Wildman–Crippen LogP) is 3.49. The molecule has 0 aliphatic heterocycles. The van der Waals surface area contributed by atoms with Gasteiger partial charge in [-0.15, -0.1) is 0 Å². The van der Waals surface area contributed by atoms with Crippen LogP contribution in [0, 0.1) is 11.8 Å². The minimum Gasteiger partial charge on any atom is -0.508 e. The first kappa shape index (κ1) is 20.2. The predicted molar refractivity (Wildman–Crippen MR) is 92.8 cm³/mol. The van der Waals surface area contributed by atoms with Crippen LogP contribution in [-0.4, -0.2) is 38.5 Å². The smallest absolute Gasteiger partial charge is 0.309 e. The Kier molecular flexibility index (Phi) is 8.50. The number of carbonyl (C=O) groups excluding carboxylic acids is 1. The molecule has 1 aromatic carbocycles. The lowest BCUT2D eigenvalue weighted by molar-refractivity contribution is -0.139. The van der Waals surface area contributed by atoms with Crippen LogP contribution in [0.25, 0.3) is 0 Å². The number of phenolic OH excluding ortho intramolecular Hbond substituents is 1. The number of benzene rings is 1. The maximum atomic E-state index is 11.2. The molecule has 0 aromatic heterocycles. The molecule has 5 heteroatoms. The van der Waals surface area contributed by atoms with Gasteiger partial charge in [-0.2, -0.15) is 0 Å². The van der Waals surface area contributed by atoms with Crippen molar-refractivity contribution in [3.05, 3.63) is 42.0 Å². The number of hydrogen-bond acceptors (Lipinski definition) is 5. The van der Waals surface area contributed by atoms with Crippen molar-refractivity contribution >= 4 is 5.97 Å². The summed E-state index contributed by atoms with van der Waals surface area (Å²) in [5, 5.41) is 9.44. The molecule has 0 heterocycles. The van der Waals surface area contributed by atoms with Gasteiger partial charge in [0.1, 0.15) is 5.75 Å². The zero-order valence-electron chi connectivity index (χ0n) is 15.1. The molecule has 0 spiro atoms. The van der Waals surface area contributed by atoms with E-state index in [1.165, 1.54) is 7.11 Å². The molecule has 0 saturated carbocycles. The van der Waals surface area contributed by atoms with E-state index < -0.39 is 0 Å². The zero-order valence-corrected chi connectivity index (χ0v) is 15.1. The van der Waals surface area contributed by atoms with E-state index in [2.05, 4.69) is 11.7 Å². The number of esters is 1. The lowest BCUT2D eigenvalue weighted by Crippen LogP contribution is -2.32. The average Bonchev–Trinajstić information content (AvgIpc) is 2.57. The van der Waals surface area contributed by atoms with E-state index in [1.807, 2.05) is 25.1 Å². The topological polar surface area (TPSA) is 65.0 Å². The van der Waals surface area contributed by atoms with Gasteiger partial charge in [0.05, 0.1) is 25.7 Å². The zero-order chi connectivity index (χ0) is 18.1. The molecule has 24 heavy (non-hydrogen) atoms. The summed E-state index contributed by atoms with van der Waals surface area (Å²) in [5.41, 5.74) is 0.982. The second-order valence-electron chi connectivity index (χ2n) is 5.87. The van der Waals surface area contributed by atoms with Crippen molar-refractivity contribution in [2.45, 2.75) is 32.5 Å². The summed E-state index contributed by atoms with van der Waals surface area (Å²) in [6.07, 6.45) is 3.77. The third kappa shape index (κ3) is 5.65. The maximum absolute atomic E-state index is 11.2.